The van der Waals surface area contributed by atoms with Gasteiger partial charge in [-0.15, -0.1) is 0 Å². The number of carbonyl (C=O) groups is 1. The van der Waals surface area contributed by atoms with E-state index in [0.29, 0.717) is 12.8 Å². The van der Waals surface area contributed by atoms with Crippen LogP contribution in [0.3, 0.4) is 0 Å². The number of rotatable bonds is 14. The molecule has 0 unspecified atom stereocenters. The monoisotopic (exact) mass is 504 g/mol. The zero-order valence-corrected chi connectivity index (χ0v) is 22.0. The van der Waals surface area contributed by atoms with Gasteiger partial charge in [-0.3, -0.25) is 4.79 Å². The highest BCUT2D eigenvalue weighted by molar-refractivity contribution is 7.89. The summed E-state index contributed by atoms with van der Waals surface area (Å²) in [5, 5.41) is 24.2. The average molecular weight is 505 g/mol. The van der Waals surface area contributed by atoms with Gasteiger partial charge in [0.2, 0.25) is 15.9 Å². The molecule has 0 saturated heterocycles. The standard InChI is InChI=1S/C27H40N2O5S/c1-5-6-10-17-29(35(33,34)23-15-13-21(4)14-16-23)19-25(30)24(18-22-11-8-7-9-12-22)28-27(32)26(31)20(2)3/h7-9,11-16,20,24-26,30-31H,5-6,10,17-19H2,1-4H3,(H,28,32)/t24-,25+,26-/m0/s1. The summed E-state index contributed by atoms with van der Waals surface area (Å²) < 4.78 is 28.2. The van der Waals surface area contributed by atoms with Gasteiger partial charge in [-0.05, 0) is 43.4 Å². The van der Waals surface area contributed by atoms with E-state index < -0.39 is 34.2 Å². The molecule has 0 spiro atoms. The summed E-state index contributed by atoms with van der Waals surface area (Å²) >= 11 is 0. The molecule has 0 heterocycles. The Morgan fingerprint density at radius 2 is 1.63 bits per heavy atom. The van der Waals surface area contributed by atoms with Crippen molar-refractivity contribution in [2.75, 3.05) is 13.1 Å². The molecular formula is C27H40N2O5S. The molecule has 0 fully saturated rings. The summed E-state index contributed by atoms with van der Waals surface area (Å²) in [6, 6.07) is 15.2. The molecule has 8 heteroatoms. The third-order valence-corrected chi connectivity index (χ3v) is 7.93. The fraction of sp³-hybridized carbons (Fsp3) is 0.519. The Hall–Kier alpha value is -2.26. The highest BCUT2D eigenvalue weighted by atomic mass is 32.2. The van der Waals surface area contributed by atoms with E-state index >= 15 is 0 Å². The predicted molar refractivity (Wildman–Crippen MR) is 138 cm³/mol. The van der Waals surface area contributed by atoms with Crippen molar-refractivity contribution in [1.82, 2.24) is 9.62 Å². The Kier molecular flexibility index (Phi) is 11.4. The minimum atomic E-state index is -3.85. The van der Waals surface area contributed by atoms with Crippen molar-refractivity contribution >= 4 is 15.9 Å². The van der Waals surface area contributed by atoms with Crippen LogP contribution in [0, 0.1) is 12.8 Å². The minimum absolute atomic E-state index is 0.171. The second kappa shape index (κ2) is 13.7. The van der Waals surface area contributed by atoms with Crippen LogP contribution < -0.4 is 5.32 Å². The first kappa shape index (κ1) is 29.0. The molecule has 0 aliphatic carbocycles. The Morgan fingerprint density at radius 1 is 1.00 bits per heavy atom. The molecule has 0 bridgehead atoms. The Labute approximate surface area is 210 Å². The molecule has 1 amide bonds. The van der Waals surface area contributed by atoms with Gasteiger partial charge in [-0.2, -0.15) is 4.31 Å². The smallest absolute Gasteiger partial charge is 0.249 e. The van der Waals surface area contributed by atoms with Crippen LogP contribution in [0.25, 0.3) is 0 Å². The molecule has 3 atom stereocenters. The van der Waals surface area contributed by atoms with Gasteiger partial charge >= 0.3 is 0 Å². The van der Waals surface area contributed by atoms with E-state index in [-0.39, 0.29) is 23.9 Å². The summed E-state index contributed by atoms with van der Waals surface area (Å²) in [5.41, 5.74) is 1.84. The van der Waals surface area contributed by atoms with E-state index in [1.165, 1.54) is 4.31 Å². The first-order valence-electron chi connectivity index (χ1n) is 12.3. The van der Waals surface area contributed by atoms with Crippen LogP contribution in [0.1, 0.15) is 51.2 Å². The van der Waals surface area contributed by atoms with Crippen LogP contribution in [-0.4, -0.2) is 60.2 Å². The number of hydrogen-bond acceptors (Lipinski definition) is 5. The first-order chi connectivity index (χ1) is 16.6. The number of nitrogens with zero attached hydrogens (tertiary/aromatic N) is 1. The lowest BCUT2D eigenvalue weighted by atomic mass is 9.99. The molecular weight excluding hydrogens is 464 g/mol. The SMILES string of the molecule is CCCCCN(C[C@@H](O)[C@H](Cc1ccccc1)NC(=O)[C@@H](O)C(C)C)S(=O)(=O)c1ccc(C)cc1. The molecule has 2 aromatic carbocycles. The summed E-state index contributed by atoms with van der Waals surface area (Å²) in [7, 11) is -3.85. The number of aliphatic hydroxyl groups excluding tert-OH is 2. The quantitative estimate of drug-likeness (QED) is 0.342. The van der Waals surface area contributed by atoms with Gasteiger partial charge < -0.3 is 15.5 Å². The summed E-state index contributed by atoms with van der Waals surface area (Å²) in [6.07, 6.45) is 0.349. The molecule has 0 saturated carbocycles. The number of sulfonamides is 1. The van der Waals surface area contributed by atoms with Gasteiger partial charge in [-0.25, -0.2) is 8.42 Å². The topological polar surface area (TPSA) is 107 Å². The molecule has 0 aromatic heterocycles. The van der Waals surface area contributed by atoms with Crippen LogP contribution in [0.2, 0.25) is 0 Å². The maximum Gasteiger partial charge on any atom is 0.249 e. The van der Waals surface area contributed by atoms with Crippen molar-refractivity contribution in [2.24, 2.45) is 5.92 Å². The normalized spacial score (nSPS) is 14.6. The highest BCUT2D eigenvalue weighted by Gasteiger charge is 2.32. The van der Waals surface area contributed by atoms with Crippen LogP contribution in [0.4, 0.5) is 0 Å². The van der Waals surface area contributed by atoms with Crippen LogP contribution in [-0.2, 0) is 21.2 Å². The molecule has 35 heavy (non-hydrogen) atoms. The molecule has 3 N–H and O–H groups in total. The van der Waals surface area contributed by atoms with Crippen molar-refractivity contribution in [3.05, 3.63) is 65.7 Å². The number of amides is 1. The number of aryl methyl sites for hydroxylation is 1. The lowest BCUT2D eigenvalue weighted by molar-refractivity contribution is -0.133. The number of carbonyl (C=O) groups excluding carboxylic acids is 1. The van der Waals surface area contributed by atoms with E-state index in [1.807, 2.05) is 44.2 Å². The fourth-order valence-corrected chi connectivity index (χ4v) is 5.26. The lowest BCUT2D eigenvalue weighted by Crippen LogP contribution is -2.53. The fourth-order valence-electron chi connectivity index (χ4n) is 3.77. The maximum absolute atomic E-state index is 13.5. The van der Waals surface area contributed by atoms with E-state index in [0.717, 1.165) is 24.0 Å². The highest BCUT2D eigenvalue weighted by Crippen LogP contribution is 2.19. The van der Waals surface area contributed by atoms with Crippen molar-refractivity contribution in [2.45, 2.75) is 76.5 Å². The summed E-state index contributed by atoms with van der Waals surface area (Å²) in [6.45, 7) is 7.49. The number of hydrogen-bond donors (Lipinski definition) is 3. The Morgan fingerprint density at radius 3 is 2.20 bits per heavy atom. The zero-order chi connectivity index (χ0) is 26.0. The summed E-state index contributed by atoms with van der Waals surface area (Å²) in [4.78, 5) is 12.8. The van der Waals surface area contributed by atoms with Crippen LogP contribution in [0.15, 0.2) is 59.5 Å². The van der Waals surface area contributed by atoms with E-state index in [4.69, 9.17) is 0 Å². The van der Waals surface area contributed by atoms with Gasteiger partial charge in [0.1, 0.15) is 6.10 Å². The molecule has 0 aliphatic heterocycles. The second-order valence-corrected chi connectivity index (χ2v) is 11.4. The Bertz CT molecular complexity index is 1010. The molecule has 0 radical (unpaired) electrons. The van der Waals surface area contributed by atoms with Gasteiger partial charge in [0, 0.05) is 13.1 Å². The van der Waals surface area contributed by atoms with Gasteiger partial charge in [0.25, 0.3) is 0 Å². The second-order valence-electron chi connectivity index (χ2n) is 9.44. The predicted octanol–water partition coefficient (Wildman–Crippen LogP) is 3.28. The minimum Gasteiger partial charge on any atom is -0.390 e. The Balaban J connectivity index is 2.31. The summed E-state index contributed by atoms with van der Waals surface area (Å²) in [5.74, 6) is -0.879. The zero-order valence-electron chi connectivity index (χ0n) is 21.2. The van der Waals surface area contributed by atoms with Crippen molar-refractivity contribution in [3.63, 3.8) is 0 Å². The third-order valence-electron chi connectivity index (χ3n) is 6.05. The van der Waals surface area contributed by atoms with Crippen LogP contribution >= 0.6 is 0 Å². The van der Waals surface area contributed by atoms with Gasteiger partial charge in [0.05, 0.1) is 17.0 Å². The van der Waals surface area contributed by atoms with E-state index in [2.05, 4.69) is 5.32 Å². The van der Waals surface area contributed by atoms with Gasteiger partial charge in [0.15, 0.2) is 0 Å². The molecule has 7 nitrogen and oxygen atoms in total. The first-order valence-corrected chi connectivity index (χ1v) is 13.8. The number of benzene rings is 2. The van der Waals surface area contributed by atoms with Crippen molar-refractivity contribution < 1.29 is 23.4 Å². The largest absolute Gasteiger partial charge is 0.390 e. The third kappa shape index (κ3) is 8.72. The molecule has 2 rings (SSSR count). The lowest BCUT2D eigenvalue weighted by Gasteiger charge is -2.30. The maximum atomic E-state index is 13.5. The molecule has 0 aliphatic rings. The van der Waals surface area contributed by atoms with Crippen LogP contribution in [0.5, 0.6) is 0 Å². The number of aliphatic hydroxyl groups is 2. The number of nitrogens with one attached hydrogen (secondary N) is 1. The van der Waals surface area contributed by atoms with Gasteiger partial charge in [-0.1, -0.05) is 81.6 Å². The molecule has 2 aromatic rings. The molecule has 194 valence electrons. The average Bonchev–Trinajstić information content (AvgIpc) is 2.83. The van der Waals surface area contributed by atoms with E-state index in [9.17, 15) is 23.4 Å². The van der Waals surface area contributed by atoms with Crippen molar-refractivity contribution in [3.8, 4) is 0 Å². The van der Waals surface area contributed by atoms with E-state index in [1.54, 1.807) is 38.1 Å². The van der Waals surface area contributed by atoms with Crippen molar-refractivity contribution in [1.29, 1.82) is 0 Å². The number of unbranched alkanes of at least 4 members (excludes halogenated alkanes) is 2.